The number of aromatic carboxylic acids is 1. The van der Waals surface area contributed by atoms with Crippen LogP contribution in [0.4, 0.5) is 0 Å². The average molecular weight is 274 g/mol. The zero-order valence-electron chi connectivity index (χ0n) is 10.5. The highest BCUT2D eigenvalue weighted by molar-refractivity contribution is 5.90. The van der Waals surface area contributed by atoms with Crippen molar-refractivity contribution in [3.63, 3.8) is 0 Å². The van der Waals surface area contributed by atoms with Crippen molar-refractivity contribution in [1.29, 1.82) is 0 Å². The normalized spacial score (nSPS) is 12.1. The van der Waals surface area contributed by atoms with Crippen LogP contribution in [0.15, 0.2) is 24.5 Å². The van der Waals surface area contributed by atoms with Gasteiger partial charge in [-0.05, 0) is 18.2 Å². The predicted octanol–water partition coefficient (Wildman–Crippen LogP) is 1.25. The van der Waals surface area contributed by atoms with Gasteiger partial charge in [-0.2, -0.15) is 0 Å². The maximum absolute atomic E-state index is 11.5. The number of carboxylic acids is 1. The fourth-order valence-corrected chi connectivity index (χ4v) is 2.12. The summed E-state index contributed by atoms with van der Waals surface area (Å²) in [5.41, 5.74) is 1.44. The van der Waals surface area contributed by atoms with E-state index in [1.165, 1.54) is 13.4 Å². The molecule has 0 saturated carbocycles. The number of nitrogens with zero attached hydrogens (tertiary/aromatic N) is 2. The summed E-state index contributed by atoms with van der Waals surface area (Å²) >= 11 is 0. The van der Waals surface area contributed by atoms with E-state index in [9.17, 15) is 9.59 Å². The number of methoxy groups -OCH3 is 1. The van der Waals surface area contributed by atoms with E-state index >= 15 is 0 Å². The van der Waals surface area contributed by atoms with Crippen LogP contribution in [0.2, 0.25) is 0 Å². The number of ether oxygens (including phenoxy) is 2. The summed E-state index contributed by atoms with van der Waals surface area (Å²) < 4.78 is 11.8. The van der Waals surface area contributed by atoms with E-state index in [1.54, 1.807) is 22.8 Å². The van der Waals surface area contributed by atoms with E-state index in [0.717, 1.165) is 0 Å². The van der Waals surface area contributed by atoms with Crippen LogP contribution >= 0.6 is 0 Å². The first-order valence-corrected chi connectivity index (χ1v) is 5.77. The molecule has 0 saturated heterocycles. The van der Waals surface area contributed by atoms with Gasteiger partial charge in [-0.3, -0.25) is 4.57 Å². The molecule has 1 aliphatic heterocycles. The Morgan fingerprint density at radius 1 is 1.45 bits per heavy atom. The molecule has 1 aromatic carbocycles. The second kappa shape index (κ2) is 4.37. The molecule has 102 valence electrons. The lowest BCUT2D eigenvalue weighted by atomic mass is 10.1. The van der Waals surface area contributed by atoms with Gasteiger partial charge in [0.25, 0.3) is 0 Å². The number of hydrogen-bond donors (Lipinski definition) is 1. The number of hydrogen-bond acceptors (Lipinski definition) is 5. The van der Waals surface area contributed by atoms with Gasteiger partial charge in [0.05, 0.1) is 24.1 Å². The molecule has 1 N–H and O–H groups in total. The minimum absolute atomic E-state index is 0.0345. The van der Waals surface area contributed by atoms with Gasteiger partial charge < -0.3 is 14.6 Å². The lowest BCUT2D eigenvalue weighted by Gasteiger charge is -2.20. The standard InChI is InChI=1S/C13H10N2O5/c1-19-13(18)7-2-3-8-10(4-7)20-5-9-11(12(16)17)14-6-15(8)9/h2-4,6H,5H2,1H3,(H,16,17). The Morgan fingerprint density at radius 2 is 2.25 bits per heavy atom. The van der Waals surface area contributed by atoms with Crippen LogP contribution in [0.5, 0.6) is 5.75 Å². The number of carboxylic acid groups (broad SMARTS) is 1. The molecule has 0 amide bonds. The predicted molar refractivity (Wildman–Crippen MR) is 66.2 cm³/mol. The van der Waals surface area contributed by atoms with Crippen molar-refractivity contribution in [1.82, 2.24) is 9.55 Å². The maximum atomic E-state index is 11.5. The minimum Gasteiger partial charge on any atom is -0.485 e. The lowest BCUT2D eigenvalue weighted by Crippen LogP contribution is -2.15. The topological polar surface area (TPSA) is 90.7 Å². The van der Waals surface area contributed by atoms with Gasteiger partial charge in [-0.25, -0.2) is 14.6 Å². The van der Waals surface area contributed by atoms with E-state index in [2.05, 4.69) is 9.72 Å². The summed E-state index contributed by atoms with van der Waals surface area (Å²) in [4.78, 5) is 26.4. The molecule has 20 heavy (non-hydrogen) atoms. The lowest BCUT2D eigenvalue weighted by molar-refractivity contribution is 0.0599. The van der Waals surface area contributed by atoms with E-state index < -0.39 is 11.9 Å². The summed E-state index contributed by atoms with van der Waals surface area (Å²) in [6.07, 6.45) is 1.43. The number of esters is 1. The molecule has 0 fully saturated rings. The first kappa shape index (κ1) is 12.2. The Labute approximate surface area is 113 Å². The minimum atomic E-state index is -1.10. The number of fused-ring (bicyclic) bond motifs is 3. The highest BCUT2D eigenvalue weighted by Crippen LogP contribution is 2.31. The molecule has 2 heterocycles. The van der Waals surface area contributed by atoms with Gasteiger partial charge in [-0.15, -0.1) is 0 Å². The molecule has 1 aliphatic rings. The first-order chi connectivity index (χ1) is 9.61. The van der Waals surface area contributed by atoms with E-state index in [1.807, 2.05) is 0 Å². The van der Waals surface area contributed by atoms with Crippen LogP contribution in [0.3, 0.4) is 0 Å². The molecule has 0 atom stereocenters. The molecular weight excluding hydrogens is 264 g/mol. The monoisotopic (exact) mass is 274 g/mol. The average Bonchev–Trinajstić information content (AvgIpc) is 2.90. The zero-order valence-corrected chi connectivity index (χ0v) is 10.5. The summed E-state index contributed by atoms with van der Waals surface area (Å²) in [5, 5.41) is 9.03. The molecule has 7 heteroatoms. The van der Waals surface area contributed by atoms with Crippen molar-refractivity contribution in [3.8, 4) is 11.4 Å². The highest BCUT2D eigenvalue weighted by atomic mass is 16.5. The number of rotatable bonds is 2. The molecule has 1 aromatic heterocycles. The molecule has 0 aliphatic carbocycles. The van der Waals surface area contributed by atoms with Crippen molar-refractivity contribution < 1.29 is 24.2 Å². The van der Waals surface area contributed by atoms with Crippen molar-refractivity contribution in [2.75, 3.05) is 7.11 Å². The Morgan fingerprint density at radius 3 is 2.95 bits per heavy atom. The van der Waals surface area contributed by atoms with Gasteiger partial charge in [0.15, 0.2) is 5.69 Å². The van der Waals surface area contributed by atoms with Crippen molar-refractivity contribution in [3.05, 3.63) is 41.5 Å². The van der Waals surface area contributed by atoms with Gasteiger partial charge in [0.2, 0.25) is 0 Å². The maximum Gasteiger partial charge on any atom is 0.356 e. The first-order valence-electron chi connectivity index (χ1n) is 5.77. The van der Waals surface area contributed by atoms with E-state index in [0.29, 0.717) is 22.7 Å². The molecule has 0 spiro atoms. The fraction of sp³-hybridized carbons (Fsp3) is 0.154. The van der Waals surface area contributed by atoms with Gasteiger partial charge >= 0.3 is 11.9 Å². The van der Waals surface area contributed by atoms with Crippen molar-refractivity contribution in [2.24, 2.45) is 0 Å². The third-order valence-corrected chi connectivity index (χ3v) is 3.07. The van der Waals surface area contributed by atoms with Gasteiger partial charge in [0, 0.05) is 0 Å². The molecular formula is C13H10N2O5. The SMILES string of the molecule is COC(=O)c1ccc2c(c1)OCc1c(C(=O)O)ncn1-2. The van der Waals surface area contributed by atoms with Gasteiger partial charge in [-0.1, -0.05) is 0 Å². The second-order valence-electron chi connectivity index (χ2n) is 4.18. The third-order valence-electron chi connectivity index (χ3n) is 3.07. The summed E-state index contributed by atoms with van der Waals surface area (Å²) in [7, 11) is 1.30. The third kappa shape index (κ3) is 1.71. The molecule has 0 unspecified atom stereocenters. The van der Waals surface area contributed by atoms with Crippen LogP contribution in [0.25, 0.3) is 5.69 Å². The summed E-state index contributed by atoms with van der Waals surface area (Å²) in [6, 6.07) is 4.81. The van der Waals surface area contributed by atoms with Crippen LogP contribution in [0, 0.1) is 0 Å². The molecule has 3 rings (SSSR count). The number of aromatic nitrogens is 2. The Bertz CT molecular complexity index is 720. The fourth-order valence-electron chi connectivity index (χ4n) is 2.12. The molecule has 0 radical (unpaired) electrons. The Hall–Kier alpha value is -2.83. The number of carbonyl (C=O) groups excluding carboxylic acids is 1. The number of carbonyl (C=O) groups is 2. The highest BCUT2D eigenvalue weighted by Gasteiger charge is 2.25. The van der Waals surface area contributed by atoms with Crippen molar-refractivity contribution in [2.45, 2.75) is 6.61 Å². The summed E-state index contributed by atoms with van der Waals surface area (Å²) in [6.45, 7) is 0.0826. The van der Waals surface area contributed by atoms with Crippen LogP contribution < -0.4 is 4.74 Å². The zero-order chi connectivity index (χ0) is 14.3. The van der Waals surface area contributed by atoms with E-state index in [4.69, 9.17) is 9.84 Å². The molecule has 0 bridgehead atoms. The number of benzene rings is 1. The van der Waals surface area contributed by atoms with Gasteiger partial charge in [0.1, 0.15) is 18.7 Å². The summed E-state index contributed by atoms with van der Waals surface area (Å²) in [5.74, 6) is -1.08. The quantitative estimate of drug-likeness (QED) is 0.829. The molecule has 7 nitrogen and oxygen atoms in total. The van der Waals surface area contributed by atoms with Crippen LogP contribution in [-0.4, -0.2) is 33.7 Å². The van der Waals surface area contributed by atoms with Crippen LogP contribution in [-0.2, 0) is 11.3 Å². The Kier molecular flexibility index (Phi) is 2.67. The Balaban J connectivity index is 2.10. The second-order valence-corrected chi connectivity index (χ2v) is 4.18. The van der Waals surface area contributed by atoms with E-state index in [-0.39, 0.29) is 12.3 Å². The van der Waals surface area contributed by atoms with Crippen LogP contribution in [0.1, 0.15) is 26.5 Å². The smallest absolute Gasteiger partial charge is 0.356 e. The number of imidazole rings is 1. The largest absolute Gasteiger partial charge is 0.485 e. The molecule has 2 aromatic rings. The van der Waals surface area contributed by atoms with Crippen molar-refractivity contribution >= 4 is 11.9 Å².